The second kappa shape index (κ2) is 7.55. The van der Waals surface area contributed by atoms with Crippen molar-refractivity contribution in [2.75, 3.05) is 25.4 Å². The second-order valence-corrected chi connectivity index (χ2v) is 6.37. The third-order valence-corrected chi connectivity index (χ3v) is 4.31. The van der Waals surface area contributed by atoms with Gasteiger partial charge in [0.15, 0.2) is 0 Å². The van der Waals surface area contributed by atoms with Crippen molar-refractivity contribution in [2.45, 2.75) is 31.7 Å². The summed E-state index contributed by atoms with van der Waals surface area (Å²) in [4.78, 5) is 10.4. The van der Waals surface area contributed by atoms with Crippen LogP contribution in [0, 0.1) is 0 Å². The Balaban J connectivity index is 2.16. The first-order valence-corrected chi connectivity index (χ1v) is 7.89. The van der Waals surface area contributed by atoms with Crippen LogP contribution in [0.2, 0.25) is 0 Å². The molecule has 2 amide bonds. The fourth-order valence-corrected chi connectivity index (χ4v) is 3.08. The van der Waals surface area contributed by atoms with Crippen molar-refractivity contribution in [3.8, 4) is 0 Å². The number of nitrogens with two attached hydrogens (primary N) is 1. The number of urea groups is 1. The first-order chi connectivity index (χ1) is 8.49. The average Bonchev–Trinajstić information content (AvgIpc) is 2.34. The summed E-state index contributed by atoms with van der Waals surface area (Å²) in [7, 11) is -3.26. The van der Waals surface area contributed by atoms with E-state index in [1.807, 2.05) is 0 Å². The molecular weight excluding hydrogens is 256 g/mol. The number of sulfonamides is 1. The summed E-state index contributed by atoms with van der Waals surface area (Å²) >= 11 is 0. The number of amides is 2. The van der Waals surface area contributed by atoms with Gasteiger partial charge in [0.2, 0.25) is 10.0 Å². The van der Waals surface area contributed by atoms with E-state index in [9.17, 15) is 13.2 Å². The Hall–Kier alpha value is -0.860. The predicted octanol–water partition coefficient (Wildman–Crippen LogP) is -0.894. The average molecular weight is 278 g/mol. The molecule has 1 saturated heterocycles. The van der Waals surface area contributed by atoms with Gasteiger partial charge in [0.05, 0.1) is 5.75 Å². The fraction of sp³-hybridized carbons (Fsp3) is 0.900. The van der Waals surface area contributed by atoms with Crippen molar-refractivity contribution >= 4 is 16.1 Å². The van der Waals surface area contributed by atoms with Crippen LogP contribution in [-0.4, -0.2) is 45.9 Å². The molecule has 1 fully saturated rings. The van der Waals surface area contributed by atoms with E-state index >= 15 is 0 Å². The summed E-state index contributed by atoms with van der Waals surface area (Å²) in [6.45, 7) is 1.35. The minimum absolute atomic E-state index is 0.112. The number of carbonyl (C=O) groups is 1. The number of hydrogen-bond donors (Lipinski definition) is 4. The van der Waals surface area contributed by atoms with Crippen LogP contribution in [0.1, 0.15) is 25.7 Å². The summed E-state index contributed by atoms with van der Waals surface area (Å²) < 4.78 is 25.7. The lowest BCUT2D eigenvalue weighted by atomic mass is 10.0. The van der Waals surface area contributed by atoms with Gasteiger partial charge in [0.25, 0.3) is 0 Å². The Bertz CT molecular complexity index is 352. The van der Waals surface area contributed by atoms with Crippen LogP contribution in [0.25, 0.3) is 0 Å². The lowest BCUT2D eigenvalue weighted by Crippen LogP contribution is -2.40. The minimum atomic E-state index is -3.26. The van der Waals surface area contributed by atoms with Crippen molar-refractivity contribution in [2.24, 2.45) is 5.73 Å². The second-order valence-electron chi connectivity index (χ2n) is 4.44. The molecule has 1 heterocycles. The molecule has 0 aromatic heterocycles. The summed E-state index contributed by atoms with van der Waals surface area (Å²) in [6.07, 6.45) is 3.99. The zero-order valence-electron chi connectivity index (χ0n) is 10.4. The molecule has 8 heteroatoms. The summed E-state index contributed by atoms with van der Waals surface area (Å²) in [5.74, 6) is 0.112. The first kappa shape index (κ1) is 15.2. The zero-order valence-corrected chi connectivity index (χ0v) is 11.3. The largest absolute Gasteiger partial charge is 0.352 e. The maximum Gasteiger partial charge on any atom is 0.312 e. The number of hydrogen-bond acceptors (Lipinski definition) is 4. The Morgan fingerprint density at radius 3 is 2.72 bits per heavy atom. The lowest BCUT2D eigenvalue weighted by molar-refractivity contribution is 0.249. The normalized spacial score (nSPS) is 20.6. The highest BCUT2D eigenvalue weighted by Crippen LogP contribution is 2.10. The molecule has 0 radical (unpaired) electrons. The molecule has 0 aromatic rings. The third-order valence-electron chi connectivity index (χ3n) is 2.89. The molecule has 0 spiro atoms. The van der Waals surface area contributed by atoms with E-state index in [-0.39, 0.29) is 18.8 Å². The Morgan fingerprint density at radius 2 is 2.11 bits per heavy atom. The zero-order chi connectivity index (χ0) is 13.4. The highest BCUT2D eigenvalue weighted by Gasteiger charge is 2.16. The van der Waals surface area contributed by atoms with Gasteiger partial charge < -0.3 is 16.4 Å². The first-order valence-electron chi connectivity index (χ1n) is 6.23. The highest BCUT2D eigenvalue weighted by atomic mass is 32.2. The quantitative estimate of drug-likeness (QED) is 0.452. The number of piperidine rings is 1. The van der Waals surface area contributed by atoms with Crippen LogP contribution in [0.5, 0.6) is 0 Å². The molecule has 106 valence electrons. The molecule has 1 unspecified atom stereocenters. The molecule has 0 saturated carbocycles. The Kier molecular flexibility index (Phi) is 6.37. The Labute approximate surface area is 108 Å². The molecule has 1 atom stereocenters. The molecule has 0 bridgehead atoms. The molecule has 5 N–H and O–H groups in total. The van der Waals surface area contributed by atoms with Crippen LogP contribution in [0.15, 0.2) is 0 Å². The topological polar surface area (TPSA) is 113 Å². The van der Waals surface area contributed by atoms with Crippen LogP contribution < -0.4 is 21.1 Å². The minimum Gasteiger partial charge on any atom is -0.352 e. The van der Waals surface area contributed by atoms with Crippen molar-refractivity contribution in [3.63, 3.8) is 0 Å². The van der Waals surface area contributed by atoms with Gasteiger partial charge in [-0.2, -0.15) is 0 Å². The molecule has 0 aromatic carbocycles. The molecule has 18 heavy (non-hydrogen) atoms. The predicted molar refractivity (Wildman–Crippen MR) is 69.6 cm³/mol. The van der Waals surface area contributed by atoms with E-state index < -0.39 is 16.1 Å². The van der Waals surface area contributed by atoms with Gasteiger partial charge in [-0.1, -0.05) is 6.42 Å². The van der Waals surface area contributed by atoms with Crippen molar-refractivity contribution in [1.82, 2.24) is 15.4 Å². The maximum atomic E-state index is 11.6. The number of rotatable bonds is 7. The standard InChI is InChI=1S/C10H22N4O3S/c11-10(15)13-6-7-14-18(16,17)8-4-9-3-1-2-5-12-9/h9,12,14H,1-8H2,(H3,11,13,15). The van der Waals surface area contributed by atoms with Crippen molar-refractivity contribution in [3.05, 3.63) is 0 Å². The smallest absolute Gasteiger partial charge is 0.312 e. The monoisotopic (exact) mass is 278 g/mol. The lowest BCUT2D eigenvalue weighted by Gasteiger charge is -2.23. The van der Waals surface area contributed by atoms with Crippen molar-refractivity contribution < 1.29 is 13.2 Å². The Morgan fingerprint density at radius 1 is 1.33 bits per heavy atom. The number of primary amides is 1. The van der Waals surface area contributed by atoms with Crippen LogP contribution >= 0.6 is 0 Å². The van der Waals surface area contributed by atoms with Crippen LogP contribution in [0.4, 0.5) is 4.79 Å². The molecule has 1 aliphatic heterocycles. The summed E-state index contributed by atoms with van der Waals surface area (Å²) in [5.41, 5.74) is 4.86. The molecule has 0 aliphatic carbocycles. The van der Waals surface area contributed by atoms with Gasteiger partial charge in [0.1, 0.15) is 0 Å². The van der Waals surface area contributed by atoms with Crippen LogP contribution in [0.3, 0.4) is 0 Å². The SMILES string of the molecule is NC(=O)NCCNS(=O)(=O)CCC1CCCCN1. The molecule has 1 rings (SSSR count). The maximum absolute atomic E-state index is 11.6. The highest BCUT2D eigenvalue weighted by molar-refractivity contribution is 7.89. The van der Waals surface area contributed by atoms with E-state index in [0.29, 0.717) is 12.5 Å². The third kappa shape index (κ3) is 6.77. The number of nitrogens with one attached hydrogen (secondary N) is 3. The van der Waals surface area contributed by atoms with E-state index in [2.05, 4.69) is 15.4 Å². The van der Waals surface area contributed by atoms with Gasteiger partial charge in [0, 0.05) is 19.1 Å². The van der Waals surface area contributed by atoms with E-state index in [0.717, 1.165) is 19.4 Å². The molecule has 7 nitrogen and oxygen atoms in total. The van der Waals surface area contributed by atoms with E-state index in [1.165, 1.54) is 6.42 Å². The van der Waals surface area contributed by atoms with E-state index in [1.54, 1.807) is 0 Å². The van der Waals surface area contributed by atoms with Gasteiger partial charge in [-0.25, -0.2) is 17.9 Å². The number of carbonyl (C=O) groups excluding carboxylic acids is 1. The van der Waals surface area contributed by atoms with Gasteiger partial charge >= 0.3 is 6.03 Å². The summed E-state index contributed by atoms with van der Waals surface area (Å²) in [5, 5.41) is 5.63. The van der Waals surface area contributed by atoms with Gasteiger partial charge in [-0.3, -0.25) is 0 Å². The van der Waals surface area contributed by atoms with Gasteiger partial charge in [-0.05, 0) is 25.8 Å². The molecule has 1 aliphatic rings. The molecular formula is C10H22N4O3S. The van der Waals surface area contributed by atoms with Crippen molar-refractivity contribution in [1.29, 1.82) is 0 Å². The van der Waals surface area contributed by atoms with E-state index in [4.69, 9.17) is 5.73 Å². The van der Waals surface area contributed by atoms with Gasteiger partial charge in [-0.15, -0.1) is 0 Å². The van der Waals surface area contributed by atoms with Crippen LogP contribution in [-0.2, 0) is 10.0 Å². The fourth-order valence-electron chi connectivity index (χ4n) is 1.93. The summed E-state index contributed by atoms with van der Waals surface area (Å²) in [6, 6.07) is -0.348.